The van der Waals surface area contributed by atoms with Gasteiger partial charge in [0.2, 0.25) is 0 Å². The lowest BCUT2D eigenvalue weighted by Crippen LogP contribution is -2.45. The van der Waals surface area contributed by atoms with Crippen LogP contribution in [0.25, 0.3) is 0 Å². The molecule has 1 aliphatic rings. The summed E-state index contributed by atoms with van der Waals surface area (Å²) < 4.78 is 5.19. The zero-order chi connectivity index (χ0) is 13.8. The number of nitrogens with one attached hydrogen (secondary N) is 1. The van der Waals surface area contributed by atoms with Crippen molar-refractivity contribution in [3.05, 3.63) is 0 Å². The van der Waals surface area contributed by atoms with Crippen LogP contribution >= 0.6 is 0 Å². The molecule has 0 aliphatic heterocycles. The highest BCUT2D eigenvalue weighted by molar-refractivity contribution is 4.88. The van der Waals surface area contributed by atoms with Crippen LogP contribution in [0.4, 0.5) is 0 Å². The molecule has 1 aliphatic carbocycles. The van der Waals surface area contributed by atoms with Crippen LogP contribution in [0, 0.1) is 16.7 Å². The highest BCUT2D eigenvalue weighted by Crippen LogP contribution is 2.38. The van der Waals surface area contributed by atoms with E-state index in [1.165, 1.54) is 19.3 Å². The average molecular weight is 255 g/mol. The molecule has 0 aromatic rings. The molecule has 2 atom stereocenters. The third-order valence-electron chi connectivity index (χ3n) is 4.52. The van der Waals surface area contributed by atoms with Crippen LogP contribution in [0.15, 0.2) is 0 Å². The molecule has 2 unspecified atom stereocenters. The Morgan fingerprint density at radius 3 is 2.56 bits per heavy atom. The molecule has 0 saturated heterocycles. The summed E-state index contributed by atoms with van der Waals surface area (Å²) in [6, 6.07) is 0.708. The summed E-state index contributed by atoms with van der Waals surface area (Å²) in [4.78, 5) is 0. The van der Waals surface area contributed by atoms with E-state index in [1.807, 2.05) is 0 Å². The molecular formula is C16H33NO. The maximum atomic E-state index is 5.19. The number of hydrogen-bond donors (Lipinski definition) is 1. The Hall–Kier alpha value is -0.0800. The molecule has 0 heterocycles. The Bertz CT molecular complexity index is 247. The van der Waals surface area contributed by atoms with Crippen LogP contribution in [0.2, 0.25) is 0 Å². The third kappa shape index (κ3) is 5.27. The monoisotopic (exact) mass is 255 g/mol. The van der Waals surface area contributed by atoms with Crippen molar-refractivity contribution in [2.45, 2.75) is 66.3 Å². The molecule has 0 amide bonds. The predicted octanol–water partition coefficient (Wildman–Crippen LogP) is 3.85. The van der Waals surface area contributed by atoms with Gasteiger partial charge in [-0.1, -0.05) is 34.6 Å². The minimum absolute atomic E-state index is 0.336. The highest BCUT2D eigenvalue weighted by atomic mass is 16.5. The third-order valence-corrected chi connectivity index (χ3v) is 4.52. The zero-order valence-electron chi connectivity index (χ0n) is 13.3. The minimum atomic E-state index is 0.336. The van der Waals surface area contributed by atoms with Gasteiger partial charge in [-0.15, -0.1) is 0 Å². The van der Waals surface area contributed by atoms with Gasteiger partial charge in [0.05, 0.1) is 0 Å². The maximum Gasteiger partial charge on any atom is 0.0467 e. The van der Waals surface area contributed by atoms with Crippen molar-refractivity contribution >= 4 is 0 Å². The summed E-state index contributed by atoms with van der Waals surface area (Å²) in [6.45, 7) is 13.8. The quantitative estimate of drug-likeness (QED) is 0.778. The average Bonchev–Trinajstić information content (AvgIpc) is 2.24. The van der Waals surface area contributed by atoms with Crippen LogP contribution < -0.4 is 5.32 Å². The second kappa shape index (κ2) is 6.38. The van der Waals surface area contributed by atoms with Crippen LogP contribution in [-0.4, -0.2) is 26.3 Å². The largest absolute Gasteiger partial charge is 0.385 e. The van der Waals surface area contributed by atoms with Gasteiger partial charge in [0.15, 0.2) is 0 Å². The SMILES string of the molecule is COCCC(C)(C)CNC1CCC(C)(C)CC1C. The smallest absolute Gasteiger partial charge is 0.0467 e. The maximum absolute atomic E-state index is 5.19. The second-order valence-corrected chi connectivity index (χ2v) is 7.78. The highest BCUT2D eigenvalue weighted by Gasteiger charge is 2.32. The van der Waals surface area contributed by atoms with E-state index in [0.29, 0.717) is 16.9 Å². The standard InChI is InChI=1S/C16H33NO/c1-13-11-15(2,3)8-7-14(13)17-12-16(4,5)9-10-18-6/h13-14,17H,7-12H2,1-6H3. The molecule has 0 radical (unpaired) electrons. The molecule has 0 spiro atoms. The fraction of sp³-hybridized carbons (Fsp3) is 1.00. The topological polar surface area (TPSA) is 21.3 Å². The van der Waals surface area contributed by atoms with Gasteiger partial charge in [-0.3, -0.25) is 0 Å². The van der Waals surface area contributed by atoms with E-state index in [4.69, 9.17) is 4.74 Å². The first-order valence-corrected chi connectivity index (χ1v) is 7.48. The van der Waals surface area contributed by atoms with Crippen molar-refractivity contribution in [2.24, 2.45) is 16.7 Å². The number of ether oxygens (including phenoxy) is 1. The second-order valence-electron chi connectivity index (χ2n) is 7.78. The fourth-order valence-corrected chi connectivity index (χ4v) is 3.12. The molecule has 108 valence electrons. The molecule has 1 fully saturated rings. The van der Waals surface area contributed by atoms with Crippen LogP contribution in [0.3, 0.4) is 0 Å². The molecule has 1 saturated carbocycles. The predicted molar refractivity (Wildman–Crippen MR) is 78.9 cm³/mol. The first kappa shape index (κ1) is 16.0. The summed E-state index contributed by atoms with van der Waals surface area (Å²) in [7, 11) is 1.79. The first-order valence-electron chi connectivity index (χ1n) is 7.48. The summed E-state index contributed by atoms with van der Waals surface area (Å²) in [5, 5.41) is 3.80. The van der Waals surface area contributed by atoms with Gasteiger partial charge in [0.1, 0.15) is 0 Å². The van der Waals surface area contributed by atoms with Gasteiger partial charge in [0, 0.05) is 26.3 Å². The van der Waals surface area contributed by atoms with Crippen molar-refractivity contribution < 1.29 is 4.74 Å². The van der Waals surface area contributed by atoms with Gasteiger partial charge in [0.25, 0.3) is 0 Å². The van der Waals surface area contributed by atoms with Gasteiger partial charge in [-0.2, -0.15) is 0 Å². The number of rotatable bonds is 6. The Balaban J connectivity index is 2.35. The fourth-order valence-electron chi connectivity index (χ4n) is 3.12. The molecule has 2 nitrogen and oxygen atoms in total. The van der Waals surface area contributed by atoms with Crippen LogP contribution in [-0.2, 0) is 4.74 Å². The van der Waals surface area contributed by atoms with E-state index >= 15 is 0 Å². The molecule has 1 N–H and O–H groups in total. The Morgan fingerprint density at radius 1 is 1.33 bits per heavy atom. The Kier molecular flexibility index (Phi) is 5.67. The summed E-state index contributed by atoms with van der Waals surface area (Å²) in [6.07, 6.45) is 5.16. The molecular weight excluding hydrogens is 222 g/mol. The van der Waals surface area contributed by atoms with Crippen molar-refractivity contribution in [1.29, 1.82) is 0 Å². The molecule has 1 rings (SSSR count). The van der Waals surface area contributed by atoms with Crippen LogP contribution in [0.5, 0.6) is 0 Å². The Morgan fingerprint density at radius 2 is 2.00 bits per heavy atom. The zero-order valence-corrected chi connectivity index (χ0v) is 13.3. The lowest BCUT2D eigenvalue weighted by atomic mass is 9.70. The first-order chi connectivity index (χ1) is 8.26. The molecule has 0 aromatic carbocycles. The number of methoxy groups -OCH3 is 1. The van der Waals surface area contributed by atoms with Crippen molar-refractivity contribution in [2.75, 3.05) is 20.3 Å². The lowest BCUT2D eigenvalue weighted by Gasteiger charge is -2.41. The van der Waals surface area contributed by atoms with Gasteiger partial charge < -0.3 is 10.1 Å². The summed E-state index contributed by atoms with van der Waals surface area (Å²) in [5.41, 5.74) is 0.881. The Labute approximate surface area is 114 Å². The lowest BCUT2D eigenvalue weighted by molar-refractivity contribution is 0.124. The molecule has 0 bridgehead atoms. The van der Waals surface area contributed by atoms with E-state index in [9.17, 15) is 0 Å². The van der Waals surface area contributed by atoms with E-state index in [1.54, 1.807) is 7.11 Å². The number of hydrogen-bond acceptors (Lipinski definition) is 2. The minimum Gasteiger partial charge on any atom is -0.385 e. The van der Waals surface area contributed by atoms with Gasteiger partial charge in [-0.05, 0) is 42.4 Å². The van der Waals surface area contributed by atoms with E-state index in [0.717, 1.165) is 25.5 Å². The van der Waals surface area contributed by atoms with Crippen LogP contribution in [0.1, 0.15) is 60.3 Å². The van der Waals surface area contributed by atoms with Crippen molar-refractivity contribution in [3.8, 4) is 0 Å². The molecule has 2 heteroatoms. The normalized spacial score (nSPS) is 28.3. The van der Waals surface area contributed by atoms with E-state index in [2.05, 4.69) is 39.9 Å². The molecule has 18 heavy (non-hydrogen) atoms. The summed E-state index contributed by atoms with van der Waals surface area (Å²) in [5.74, 6) is 0.798. The van der Waals surface area contributed by atoms with Crippen molar-refractivity contribution in [1.82, 2.24) is 5.32 Å². The van der Waals surface area contributed by atoms with Crippen molar-refractivity contribution in [3.63, 3.8) is 0 Å². The van der Waals surface area contributed by atoms with Gasteiger partial charge >= 0.3 is 0 Å². The van der Waals surface area contributed by atoms with E-state index < -0.39 is 0 Å². The molecule has 0 aromatic heterocycles. The van der Waals surface area contributed by atoms with E-state index in [-0.39, 0.29) is 0 Å². The summed E-state index contributed by atoms with van der Waals surface area (Å²) >= 11 is 0. The van der Waals surface area contributed by atoms with Gasteiger partial charge in [-0.25, -0.2) is 0 Å².